The molecule has 2 heterocycles. The van der Waals surface area contributed by atoms with Gasteiger partial charge in [0.05, 0.1) is 23.5 Å². The van der Waals surface area contributed by atoms with Crippen LogP contribution >= 0.6 is 0 Å². The van der Waals surface area contributed by atoms with Crippen molar-refractivity contribution in [1.82, 2.24) is 9.78 Å². The molecule has 0 spiro atoms. The third-order valence-electron chi connectivity index (χ3n) is 4.38. The lowest BCUT2D eigenvalue weighted by atomic mass is 10.0. The molecule has 2 aromatic carbocycles. The largest absolute Gasteiger partial charge is 0.416 e. The molecule has 0 aliphatic carbocycles. The zero-order valence-corrected chi connectivity index (χ0v) is 14.0. The molecule has 1 aliphatic rings. The molecule has 3 nitrogen and oxygen atoms in total. The topological polar surface area (TPSA) is 30.2 Å². The highest BCUT2D eigenvalue weighted by Crippen LogP contribution is 2.38. The molecular formula is C19H12F5N3. The number of aliphatic imine (C=N–C) groups is 1. The first-order valence-electron chi connectivity index (χ1n) is 8.02. The quantitative estimate of drug-likeness (QED) is 0.558. The lowest BCUT2D eigenvalue weighted by Gasteiger charge is -2.07. The Morgan fingerprint density at radius 3 is 2.33 bits per heavy atom. The van der Waals surface area contributed by atoms with Gasteiger partial charge in [-0.05, 0) is 36.8 Å². The van der Waals surface area contributed by atoms with Crippen molar-refractivity contribution in [2.45, 2.75) is 19.6 Å². The van der Waals surface area contributed by atoms with Gasteiger partial charge in [0.25, 0.3) is 0 Å². The molecule has 3 aromatic rings. The second-order valence-electron chi connectivity index (χ2n) is 6.20. The van der Waals surface area contributed by atoms with Crippen LogP contribution in [0, 0.1) is 18.6 Å². The van der Waals surface area contributed by atoms with E-state index in [1.54, 1.807) is 11.6 Å². The molecule has 138 valence electrons. The SMILES string of the molecule is Cc1nn2c(c1-c1ccc(C(F)(F)F)cc1)N=C(c1ccc(F)cc1F)C2. The van der Waals surface area contributed by atoms with Crippen molar-refractivity contribution in [3.63, 3.8) is 0 Å². The van der Waals surface area contributed by atoms with Crippen LogP contribution in [0.25, 0.3) is 11.1 Å². The maximum absolute atomic E-state index is 14.0. The second-order valence-corrected chi connectivity index (χ2v) is 6.20. The van der Waals surface area contributed by atoms with Gasteiger partial charge in [-0.15, -0.1) is 0 Å². The van der Waals surface area contributed by atoms with Crippen molar-refractivity contribution in [2.75, 3.05) is 0 Å². The highest BCUT2D eigenvalue weighted by atomic mass is 19.4. The average molecular weight is 377 g/mol. The molecule has 0 bridgehead atoms. The molecule has 0 amide bonds. The molecule has 8 heteroatoms. The molecule has 0 N–H and O–H groups in total. The van der Waals surface area contributed by atoms with E-state index in [9.17, 15) is 22.0 Å². The Kier molecular flexibility index (Phi) is 3.87. The van der Waals surface area contributed by atoms with Gasteiger partial charge in [-0.25, -0.2) is 18.5 Å². The van der Waals surface area contributed by atoms with Crippen LogP contribution in [0.15, 0.2) is 47.5 Å². The summed E-state index contributed by atoms with van der Waals surface area (Å²) < 4.78 is 67.0. The number of rotatable bonds is 2. The first-order valence-corrected chi connectivity index (χ1v) is 8.02. The Labute approximate surface area is 150 Å². The highest BCUT2D eigenvalue weighted by molar-refractivity contribution is 6.05. The van der Waals surface area contributed by atoms with Crippen molar-refractivity contribution in [3.05, 3.63) is 70.9 Å². The Balaban J connectivity index is 1.76. The van der Waals surface area contributed by atoms with Gasteiger partial charge in [0, 0.05) is 17.2 Å². The van der Waals surface area contributed by atoms with E-state index in [4.69, 9.17) is 0 Å². The van der Waals surface area contributed by atoms with Crippen molar-refractivity contribution in [2.24, 2.45) is 4.99 Å². The maximum atomic E-state index is 14.0. The summed E-state index contributed by atoms with van der Waals surface area (Å²) >= 11 is 0. The van der Waals surface area contributed by atoms with Crippen LogP contribution in [-0.4, -0.2) is 15.5 Å². The zero-order chi connectivity index (χ0) is 19.3. The smallest absolute Gasteiger partial charge is 0.241 e. The van der Waals surface area contributed by atoms with Crippen molar-refractivity contribution in [1.29, 1.82) is 0 Å². The molecule has 0 saturated heterocycles. The molecule has 1 aromatic heterocycles. The van der Waals surface area contributed by atoms with Crippen molar-refractivity contribution < 1.29 is 22.0 Å². The summed E-state index contributed by atoms with van der Waals surface area (Å²) in [5, 5.41) is 4.35. The molecule has 0 saturated carbocycles. The summed E-state index contributed by atoms with van der Waals surface area (Å²) in [6, 6.07) is 7.95. The Hall–Kier alpha value is -3.03. The number of benzene rings is 2. The Morgan fingerprint density at radius 2 is 1.70 bits per heavy atom. The minimum atomic E-state index is -4.42. The van der Waals surface area contributed by atoms with Gasteiger partial charge in [0.2, 0.25) is 0 Å². The van der Waals surface area contributed by atoms with Crippen LogP contribution < -0.4 is 0 Å². The van der Waals surface area contributed by atoms with Crippen molar-refractivity contribution >= 4 is 11.5 Å². The van der Waals surface area contributed by atoms with Gasteiger partial charge in [-0.1, -0.05) is 12.1 Å². The Bertz CT molecular complexity index is 1060. The third-order valence-corrected chi connectivity index (χ3v) is 4.38. The van der Waals surface area contributed by atoms with E-state index in [1.807, 2.05) is 0 Å². The van der Waals surface area contributed by atoms with Gasteiger partial charge >= 0.3 is 6.18 Å². The summed E-state index contributed by atoms with van der Waals surface area (Å²) in [7, 11) is 0. The number of fused-ring (bicyclic) bond motifs is 1. The van der Waals surface area contributed by atoms with Crippen molar-refractivity contribution in [3.8, 4) is 11.1 Å². The van der Waals surface area contributed by atoms with Crippen LogP contribution in [0.3, 0.4) is 0 Å². The van der Waals surface area contributed by atoms with E-state index < -0.39 is 23.4 Å². The predicted molar refractivity (Wildman–Crippen MR) is 90.0 cm³/mol. The lowest BCUT2D eigenvalue weighted by Crippen LogP contribution is -2.09. The van der Waals surface area contributed by atoms with Crippen LogP contribution in [0.4, 0.5) is 27.8 Å². The van der Waals surface area contributed by atoms with E-state index in [-0.39, 0.29) is 12.1 Å². The number of hydrogen-bond donors (Lipinski definition) is 0. The van der Waals surface area contributed by atoms with Gasteiger partial charge in [0.1, 0.15) is 11.6 Å². The number of alkyl halides is 3. The maximum Gasteiger partial charge on any atom is 0.416 e. The molecule has 4 rings (SSSR count). The second kappa shape index (κ2) is 6.00. The number of aromatic nitrogens is 2. The van der Waals surface area contributed by atoms with Crippen LogP contribution in [0.1, 0.15) is 16.8 Å². The van der Waals surface area contributed by atoms with Gasteiger partial charge in [0.15, 0.2) is 5.82 Å². The predicted octanol–water partition coefficient (Wildman–Crippen LogP) is 5.29. The fourth-order valence-electron chi connectivity index (χ4n) is 3.13. The molecular weight excluding hydrogens is 365 g/mol. The van der Waals surface area contributed by atoms with Crippen LogP contribution in [0.5, 0.6) is 0 Å². The highest BCUT2D eigenvalue weighted by Gasteiger charge is 2.31. The van der Waals surface area contributed by atoms with E-state index in [0.29, 0.717) is 28.4 Å². The normalized spacial score (nSPS) is 13.6. The minimum absolute atomic E-state index is 0.165. The summed E-state index contributed by atoms with van der Waals surface area (Å²) in [6.07, 6.45) is -4.42. The Morgan fingerprint density at radius 1 is 1.00 bits per heavy atom. The minimum Gasteiger partial charge on any atom is -0.241 e. The van der Waals surface area contributed by atoms with E-state index in [1.165, 1.54) is 18.2 Å². The van der Waals surface area contributed by atoms with Crippen LogP contribution in [0.2, 0.25) is 0 Å². The summed E-state index contributed by atoms with van der Waals surface area (Å²) in [6.45, 7) is 1.92. The lowest BCUT2D eigenvalue weighted by molar-refractivity contribution is -0.137. The van der Waals surface area contributed by atoms with Gasteiger partial charge in [-0.2, -0.15) is 18.3 Å². The third kappa shape index (κ3) is 3.01. The molecule has 0 radical (unpaired) electrons. The van der Waals surface area contributed by atoms with E-state index in [0.717, 1.165) is 24.3 Å². The summed E-state index contributed by atoms with van der Waals surface area (Å²) in [4.78, 5) is 4.41. The first-order chi connectivity index (χ1) is 12.7. The fourth-order valence-corrected chi connectivity index (χ4v) is 3.13. The fraction of sp³-hybridized carbons (Fsp3) is 0.158. The number of hydrogen-bond acceptors (Lipinski definition) is 2. The molecule has 0 unspecified atom stereocenters. The standard InChI is InChI=1S/C19H12F5N3/c1-10-17(11-2-4-12(5-3-11)19(22,23)24)18-25-16(9-27(18)26-10)14-7-6-13(20)8-15(14)21/h2-8H,9H2,1H3. The first kappa shape index (κ1) is 17.4. The molecule has 1 aliphatic heterocycles. The zero-order valence-electron chi connectivity index (χ0n) is 14.0. The van der Waals surface area contributed by atoms with Gasteiger partial charge in [-0.3, -0.25) is 0 Å². The number of aryl methyl sites for hydroxylation is 1. The van der Waals surface area contributed by atoms with E-state index >= 15 is 0 Å². The van der Waals surface area contributed by atoms with Crippen LogP contribution in [-0.2, 0) is 12.7 Å². The monoisotopic (exact) mass is 377 g/mol. The number of halogens is 5. The number of nitrogens with zero attached hydrogens (tertiary/aromatic N) is 3. The average Bonchev–Trinajstić information content (AvgIpc) is 3.10. The molecule has 0 atom stereocenters. The summed E-state index contributed by atoms with van der Waals surface area (Å²) in [5.74, 6) is -0.979. The molecule has 27 heavy (non-hydrogen) atoms. The summed E-state index contributed by atoms with van der Waals surface area (Å²) in [5.41, 5.74) is 1.52. The molecule has 0 fully saturated rings. The van der Waals surface area contributed by atoms with E-state index in [2.05, 4.69) is 10.1 Å². The van der Waals surface area contributed by atoms with Gasteiger partial charge < -0.3 is 0 Å².